The van der Waals surface area contributed by atoms with Crippen LogP contribution >= 0.6 is 0 Å². The van der Waals surface area contributed by atoms with Gasteiger partial charge in [0, 0.05) is 52.3 Å². The molecule has 21 unspecified atom stereocenters. The van der Waals surface area contributed by atoms with Crippen LogP contribution in [0.3, 0.4) is 0 Å². The number of carbonyl (C=O) groups excluding carboxylic acids is 1. The van der Waals surface area contributed by atoms with E-state index in [1.807, 2.05) is 66.1 Å². The molecule has 0 heterocycles. The van der Waals surface area contributed by atoms with Gasteiger partial charge in [-0.05, 0) is 190 Å². The summed E-state index contributed by atoms with van der Waals surface area (Å²) in [6.07, 6.45) is 26.5. The van der Waals surface area contributed by atoms with Gasteiger partial charge in [0.1, 0.15) is 0 Å². The van der Waals surface area contributed by atoms with Crippen molar-refractivity contribution < 1.29 is 9.53 Å². The van der Waals surface area contributed by atoms with Gasteiger partial charge in [-0.25, -0.2) is 0 Å². The van der Waals surface area contributed by atoms with Crippen LogP contribution in [0.25, 0.3) is 22.3 Å². The number of carbonyl (C=O) groups is 1. The van der Waals surface area contributed by atoms with Crippen LogP contribution in [0.15, 0.2) is 124 Å². The van der Waals surface area contributed by atoms with Crippen molar-refractivity contribution in [2.24, 2.45) is 106 Å². The first kappa shape index (κ1) is 28.8. The quantitative estimate of drug-likeness (QED) is 0.285. The molecule has 6 fully saturated rings. The van der Waals surface area contributed by atoms with Crippen LogP contribution in [0.5, 0.6) is 0 Å². The molecule has 21 atom stereocenters. The molecule has 0 bridgehead atoms. The fourth-order valence-electron chi connectivity index (χ4n) is 24.9. The zero-order valence-electron chi connectivity index (χ0n) is 34.0. The SMILES string of the molecule is COC(=O)CCCC1(c2ccccc2)C23C4=C5C6=C7C8C=CC9=C%10C=CC%11C%12C=C%13CC%14=CC%15C=C%16C%17=CC8C6C6C8C%18=c%19c(c%14c%13c(c%19=C2C58)C%12C31C%11C%10C4C97)C%15C%18C%16C%176. The molecule has 6 saturated carbocycles. The summed E-state index contributed by atoms with van der Waals surface area (Å²) in [7, 11) is 1.61. The van der Waals surface area contributed by atoms with Crippen molar-refractivity contribution in [3.8, 4) is 0 Å². The normalized spacial score (nSPS) is 54.7. The first-order chi connectivity index (χ1) is 30.2. The standard InChI is InChI=1S/C59H42O2/c1-61-31(60)8-5-13-57(22-6-3-2-4-7-22)58-53-26-12-11-24-23-9-10-25-28-18-29-27-16-20-14-19-15-21-17-30(26)54(58)48-33(21)32(19)41-34(20)42-37(27)38(29)43-39(28)44-35(25)36(23)49(40(24)53)55-50(44)52-47(43)45(42)46(41)51(48)56(52)59(55,57)58/h2-4,6-7,9-12,14,16-18,20,25-26,28,30,34,36-40,42-43,47,49,52-54H,5,8,13,15H2,1H3. The lowest BCUT2D eigenvalue weighted by atomic mass is 9.36. The lowest BCUT2D eigenvalue weighted by molar-refractivity contribution is -0.140. The number of methoxy groups -OCH3 is 1. The number of ether oxygens (including phenoxy) is 1. The topological polar surface area (TPSA) is 26.3 Å². The predicted molar refractivity (Wildman–Crippen MR) is 229 cm³/mol. The van der Waals surface area contributed by atoms with E-state index in [9.17, 15) is 4.79 Å². The molecule has 61 heavy (non-hydrogen) atoms. The average molecular weight is 783 g/mol. The molecule has 2 nitrogen and oxygen atoms in total. The van der Waals surface area contributed by atoms with Gasteiger partial charge in [0.05, 0.1) is 7.11 Å². The molecule has 0 aliphatic heterocycles. The molecule has 0 N–H and O–H groups in total. The van der Waals surface area contributed by atoms with E-state index in [2.05, 4.69) is 78.9 Å². The minimum absolute atomic E-state index is 0.0179. The smallest absolute Gasteiger partial charge is 0.305 e. The number of hydrogen-bond acceptors (Lipinski definition) is 2. The van der Waals surface area contributed by atoms with Crippen LogP contribution in [0.4, 0.5) is 0 Å². The van der Waals surface area contributed by atoms with E-state index in [0.29, 0.717) is 95.2 Å². The molecule has 20 aliphatic rings. The van der Waals surface area contributed by atoms with Gasteiger partial charge in [-0.3, -0.25) is 4.79 Å². The highest BCUT2D eigenvalue weighted by molar-refractivity contribution is 6.04. The Labute approximate surface area is 353 Å². The number of hydrogen-bond donors (Lipinski definition) is 0. The zero-order chi connectivity index (χ0) is 38.2. The van der Waals surface area contributed by atoms with Crippen LogP contribution < -0.4 is 10.4 Å². The predicted octanol–water partition coefficient (Wildman–Crippen LogP) is 8.55. The van der Waals surface area contributed by atoms with Gasteiger partial charge in [-0.15, -0.1) is 0 Å². The van der Waals surface area contributed by atoms with E-state index in [0.717, 1.165) is 37.0 Å². The minimum atomic E-state index is -0.0443. The minimum Gasteiger partial charge on any atom is -0.469 e. The molecular formula is C59H42O2. The highest BCUT2D eigenvalue weighted by atomic mass is 16.5. The number of fused-ring (bicyclic) bond motifs is 3. The zero-order valence-corrected chi connectivity index (χ0v) is 34.0. The molecule has 0 radical (unpaired) electrons. The van der Waals surface area contributed by atoms with E-state index >= 15 is 0 Å². The molecule has 290 valence electrons. The molecule has 2 heteroatoms. The molecule has 2 aromatic rings. The van der Waals surface area contributed by atoms with Crippen LogP contribution in [0.2, 0.25) is 0 Å². The Morgan fingerprint density at radius 3 is 2.51 bits per heavy atom. The maximum atomic E-state index is 13.3. The molecule has 22 rings (SSSR count). The fraction of sp³-hybridized carbons (Fsp3) is 0.441. The maximum absolute atomic E-state index is 13.3. The summed E-state index contributed by atoms with van der Waals surface area (Å²) >= 11 is 0. The van der Waals surface area contributed by atoms with E-state index < -0.39 is 0 Å². The van der Waals surface area contributed by atoms with Crippen LogP contribution in [0.1, 0.15) is 65.3 Å². The second-order valence-corrected chi connectivity index (χ2v) is 24.2. The summed E-state index contributed by atoms with van der Waals surface area (Å²) in [6, 6.07) is 12.3. The van der Waals surface area contributed by atoms with Gasteiger partial charge < -0.3 is 4.74 Å². The third-order valence-corrected chi connectivity index (χ3v) is 24.5. The molecule has 0 amide bonds. The second-order valence-electron chi connectivity index (χ2n) is 24.2. The second kappa shape index (κ2) is 7.73. The third-order valence-electron chi connectivity index (χ3n) is 24.5. The molecule has 2 aromatic carbocycles. The summed E-state index contributed by atoms with van der Waals surface area (Å²) in [5.74, 6) is 11.1. The molecule has 20 aliphatic carbocycles. The summed E-state index contributed by atoms with van der Waals surface area (Å²) in [5.41, 5.74) is 31.5. The van der Waals surface area contributed by atoms with Crippen molar-refractivity contribution in [2.75, 3.05) is 7.11 Å². The molecule has 0 saturated heterocycles. The van der Waals surface area contributed by atoms with Crippen LogP contribution in [0, 0.1) is 106 Å². The Hall–Kier alpha value is -4.69. The lowest BCUT2D eigenvalue weighted by Crippen LogP contribution is -2.62. The van der Waals surface area contributed by atoms with E-state index in [-0.39, 0.29) is 22.2 Å². The van der Waals surface area contributed by atoms with E-state index in [1.165, 1.54) is 0 Å². The van der Waals surface area contributed by atoms with Crippen molar-refractivity contribution in [3.05, 3.63) is 162 Å². The first-order valence-corrected chi connectivity index (χ1v) is 24.7. The summed E-state index contributed by atoms with van der Waals surface area (Å²) in [5, 5.41) is 3.77. The van der Waals surface area contributed by atoms with Gasteiger partial charge in [-0.1, -0.05) is 90.1 Å². The summed E-state index contributed by atoms with van der Waals surface area (Å²) in [4.78, 5) is 13.3. The Bertz CT molecular complexity index is 3460. The summed E-state index contributed by atoms with van der Waals surface area (Å²) in [6.45, 7) is 0. The molecule has 0 aromatic heterocycles. The summed E-state index contributed by atoms with van der Waals surface area (Å²) < 4.78 is 5.47. The highest BCUT2D eigenvalue weighted by Gasteiger charge is 3.01. The Morgan fingerprint density at radius 2 is 1.59 bits per heavy atom. The molecular weight excluding hydrogens is 741 g/mol. The number of esters is 1. The van der Waals surface area contributed by atoms with Crippen LogP contribution in [-0.2, 0) is 14.9 Å². The van der Waals surface area contributed by atoms with Gasteiger partial charge >= 0.3 is 5.97 Å². The fourth-order valence-corrected chi connectivity index (χ4v) is 24.9. The molecule has 2 spiro atoms. The van der Waals surface area contributed by atoms with Crippen LogP contribution in [-0.4, -0.2) is 13.1 Å². The van der Waals surface area contributed by atoms with E-state index in [1.54, 1.807) is 46.1 Å². The van der Waals surface area contributed by atoms with Crippen molar-refractivity contribution >= 4 is 28.3 Å². The Balaban J connectivity index is 1.03. The van der Waals surface area contributed by atoms with Gasteiger partial charge in [-0.2, -0.15) is 0 Å². The average Bonchev–Trinajstić information content (AvgIpc) is 3.96. The number of rotatable bonds is 5. The van der Waals surface area contributed by atoms with Gasteiger partial charge in [0.2, 0.25) is 0 Å². The monoisotopic (exact) mass is 782 g/mol. The lowest BCUT2D eigenvalue weighted by Gasteiger charge is -2.67. The van der Waals surface area contributed by atoms with Crippen molar-refractivity contribution in [1.29, 1.82) is 0 Å². The number of allylic oxidation sites excluding steroid dienone is 18. The Kier molecular flexibility index (Phi) is 3.65. The van der Waals surface area contributed by atoms with Crippen molar-refractivity contribution in [3.63, 3.8) is 0 Å². The van der Waals surface area contributed by atoms with Crippen molar-refractivity contribution in [1.82, 2.24) is 0 Å². The first-order valence-electron chi connectivity index (χ1n) is 24.7. The van der Waals surface area contributed by atoms with Crippen molar-refractivity contribution in [2.45, 2.75) is 42.9 Å². The van der Waals surface area contributed by atoms with Gasteiger partial charge in [0.25, 0.3) is 0 Å². The maximum Gasteiger partial charge on any atom is 0.305 e. The largest absolute Gasteiger partial charge is 0.469 e. The Morgan fingerprint density at radius 1 is 0.721 bits per heavy atom. The number of benzene rings is 2. The van der Waals surface area contributed by atoms with E-state index in [4.69, 9.17) is 4.74 Å². The highest BCUT2D eigenvalue weighted by Crippen LogP contribution is 3.04. The van der Waals surface area contributed by atoms with Gasteiger partial charge in [0.15, 0.2) is 0 Å². The third kappa shape index (κ3) is 2.04.